The highest BCUT2D eigenvalue weighted by Crippen LogP contribution is 2.32. The van der Waals surface area contributed by atoms with Crippen molar-refractivity contribution in [3.63, 3.8) is 0 Å². The number of hydrogen-bond donors (Lipinski definition) is 1. The fourth-order valence-electron chi connectivity index (χ4n) is 2.33. The molecule has 1 aliphatic carbocycles. The SMILES string of the molecule is CC1CCCC1C(=O)N(CCO)CC(F)F. The van der Waals surface area contributed by atoms with Crippen LogP contribution >= 0.6 is 0 Å². The number of halogens is 2. The molecular formula is C11H19F2NO2. The van der Waals surface area contributed by atoms with Crippen LogP contribution in [0.4, 0.5) is 8.78 Å². The lowest BCUT2D eigenvalue weighted by Crippen LogP contribution is -2.41. The maximum Gasteiger partial charge on any atom is 0.255 e. The summed E-state index contributed by atoms with van der Waals surface area (Å²) in [6.07, 6.45) is 0.217. The molecule has 1 saturated carbocycles. The van der Waals surface area contributed by atoms with Gasteiger partial charge in [0, 0.05) is 12.5 Å². The van der Waals surface area contributed by atoms with Crippen LogP contribution in [0.5, 0.6) is 0 Å². The van der Waals surface area contributed by atoms with Crippen LogP contribution in [0.15, 0.2) is 0 Å². The molecular weight excluding hydrogens is 216 g/mol. The lowest BCUT2D eigenvalue weighted by molar-refractivity contribution is -0.139. The van der Waals surface area contributed by atoms with E-state index in [1.165, 1.54) is 0 Å². The monoisotopic (exact) mass is 235 g/mol. The number of carbonyl (C=O) groups is 1. The maximum absolute atomic E-state index is 12.3. The molecule has 0 aromatic carbocycles. The summed E-state index contributed by atoms with van der Waals surface area (Å²) in [6, 6.07) is 0. The second-order valence-corrected chi connectivity index (χ2v) is 4.41. The van der Waals surface area contributed by atoms with Gasteiger partial charge in [-0.2, -0.15) is 0 Å². The highest BCUT2D eigenvalue weighted by atomic mass is 19.3. The predicted octanol–water partition coefficient (Wildman–Crippen LogP) is 1.51. The summed E-state index contributed by atoms with van der Waals surface area (Å²) < 4.78 is 24.6. The highest BCUT2D eigenvalue weighted by molar-refractivity contribution is 5.79. The van der Waals surface area contributed by atoms with E-state index >= 15 is 0 Å². The normalized spacial score (nSPS) is 25.1. The van der Waals surface area contributed by atoms with Crippen LogP contribution < -0.4 is 0 Å². The second-order valence-electron chi connectivity index (χ2n) is 4.41. The molecule has 0 aliphatic heterocycles. The molecule has 3 nitrogen and oxygen atoms in total. The summed E-state index contributed by atoms with van der Waals surface area (Å²) in [5.41, 5.74) is 0. The van der Waals surface area contributed by atoms with Crippen molar-refractivity contribution >= 4 is 5.91 Å². The first-order valence-corrected chi connectivity index (χ1v) is 5.74. The summed E-state index contributed by atoms with van der Waals surface area (Å²) >= 11 is 0. The van der Waals surface area contributed by atoms with Crippen molar-refractivity contribution in [3.05, 3.63) is 0 Å². The van der Waals surface area contributed by atoms with Crippen molar-refractivity contribution in [2.75, 3.05) is 19.7 Å². The number of hydrogen-bond acceptors (Lipinski definition) is 2. The standard InChI is InChI=1S/C11H19F2NO2/c1-8-3-2-4-9(8)11(16)14(5-6-15)7-10(12)13/h8-10,15H,2-7H2,1H3. The molecule has 94 valence electrons. The number of nitrogens with zero attached hydrogens (tertiary/aromatic N) is 1. The Bertz CT molecular complexity index is 236. The highest BCUT2D eigenvalue weighted by Gasteiger charge is 2.33. The molecule has 1 fully saturated rings. The molecule has 1 rings (SSSR count). The molecule has 0 saturated heterocycles. The zero-order valence-electron chi connectivity index (χ0n) is 9.53. The zero-order valence-corrected chi connectivity index (χ0v) is 9.53. The Morgan fingerprint density at radius 3 is 2.62 bits per heavy atom. The molecule has 1 N–H and O–H groups in total. The van der Waals surface area contributed by atoms with Crippen LogP contribution in [0.3, 0.4) is 0 Å². The Morgan fingerprint density at radius 1 is 1.50 bits per heavy atom. The second kappa shape index (κ2) is 6.13. The lowest BCUT2D eigenvalue weighted by Gasteiger charge is -2.26. The van der Waals surface area contributed by atoms with E-state index in [0.717, 1.165) is 24.2 Å². The first kappa shape index (κ1) is 13.4. The Hall–Kier alpha value is -0.710. The first-order valence-electron chi connectivity index (χ1n) is 5.74. The van der Waals surface area contributed by atoms with Crippen molar-refractivity contribution in [2.45, 2.75) is 32.6 Å². The number of amides is 1. The van der Waals surface area contributed by atoms with E-state index in [2.05, 4.69) is 0 Å². The number of aliphatic hydroxyl groups excluding tert-OH is 1. The zero-order chi connectivity index (χ0) is 12.1. The molecule has 16 heavy (non-hydrogen) atoms. The maximum atomic E-state index is 12.3. The van der Waals surface area contributed by atoms with Gasteiger partial charge in [-0.1, -0.05) is 13.3 Å². The molecule has 1 amide bonds. The van der Waals surface area contributed by atoms with E-state index in [1.807, 2.05) is 6.92 Å². The lowest BCUT2D eigenvalue weighted by atomic mass is 9.96. The molecule has 0 spiro atoms. The Morgan fingerprint density at radius 2 is 2.19 bits per heavy atom. The van der Waals surface area contributed by atoms with Gasteiger partial charge in [0.05, 0.1) is 13.2 Å². The molecule has 2 unspecified atom stereocenters. The van der Waals surface area contributed by atoms with Gasteiger partial charge in [0.25, 0.3) is 6.43 Å². The van der Waals surface area contributed by atoms with Crippen molar-refractivity contribution in [3.8, 4) is 0 Å². The smallest absolute Gasteiger partial charge is 0.255 e. The predicted molar refractivity (Wildman–Crippen MR) is 56.2 cm³/mol. The molecule has 1 aliphatic rings. The fourth-order valence-corrected chi connectivity index (χ4v) is 2.33. The molecule has 0 bridgehead atoms. The van der Waals surface area contributed by atoms with Crippen LogP contribution in [0.2, 0.25) is 0 Å². The average molecular weight is 235 g/mol. The first-order chi connectivity index (χ1) is 7.56. The van der Waals surface area contributed by atoms with Crippen molar-refractivity contribution in [2.24, 2.45) is 11.8 Å². The minimum absolute atomic E-state index is 0.00634. The number of aliphatic hydroxyl groups is 1. The van der Waals surface area contributed by atoms with Gasteiger partial charge >= 0.3 is 0 Å². The van der Waals surface area contributed by atoms with Crippen LogP contribution in [-0.2, 0) is 4.79 Å². The van der Waals surface area contributed by atoms with Gasteiger partial charge < -0.3 is 10.0 Å². The van der Waals surface area contributed by atoms with Crippen molar-refractivity contribution in [1.82, 2.24) is 4.90 Å². The van der Waals surface area contributed by atoms with E-state index in [9.17, 15) is 13.6 Å². The van der Waals surface area contributed by atoms with Gasteiger partial charge in [0.2, 0.25) is 5.91 Å². The van der Waals surface area contributed by atoms with E-state index in [-0.39, 0.29) is 30.9 Å². The van der Waals surface area contributed by atoms with Crippen molar-refractivity contribution < 1.29 is 18.7 Å². The van der Waals surface area contributed by atoms with Crippen LogP contribution in [-0.4, -0.2) is 42.0 Å². The third-order valence-corrected chi connectivity index (χ3v) is 3.22. The number of rotatable bonds is 5. The molecule has 0 radical (unpaired) electrons. The Labute approximate surface area is 94.4 Å². The summed E-state index contributed by atoms with van der Waals surface area (Å²) in [5, 5.41) is 8.77. The van der Waals surface area contributed by atoms with Crippen LogP contribution in [0, 0.1) is 11.8 Å². The summed E-state index contributed by atoms with van der Waals surface area (Å²) in [6.45, 7) is 1.16. The third kappa shape index (κ3) is 3.40. The summed E-state index contributed by atoms with van der Waals surface area (Å²) in [4.78, 5) is 13.1. The number of carbonyl (C=O) groups excluding carboxylic acids is 1. The fraction of sp³-hybridized carbons (Fsp3) is 0.909. The van der Waals surface area contributed by atoms with Crippen molar-refractivity contribution in [1.29, 1.82) is 0 Å². The van der Waals surface area contributed by atoms with Crippen LogP contribution in [0.1, 0.15) is 26.2 Å². The van der Waals surface area contributed by atoms with E-state index < -0.39 is 13.0 Å². The topological polar surface area (TPSA) is 40.5 Å². The minimum Gasteiger partial charge on any atom is -0.395 e. The number of alkyl halides is 2. The van der Waals surface area contributed by atoms with E-state index in [1.54, 1.807) is 0 Å². The van der Waals surface area contributed by atoms with Gasteiger partial charge in [0.15, 0.2) is 0 Å². The van der Waals surface area contributed by atoms with Gasteiger partial charge in [-0.25, -0.2) is 8.78 Å². The van der Waals surface area contributed by atoms with E-state index in [0.29, 0.717) is 0 Å². The molecule has 2 atom stereocenters. The third-order valence-electron chi connectivity index (χ3n) is 3.22. The van der Waals surface area contributed by atoms with Gasteiger partial charge in [-0.3, -0.25) is 4.79 Å². The average Bonchev–Trinajstić information content (AvgIpc) is 2.62. The largest absolute Gasteiger partial charge is 0.395 e. The van der Waals surface area contributed by atoms with Gasteiger partial charge in [0.1, 0.15) is 0 Å². The van der Waals surface area contributed by atoms with Gasteiger partial charge in [-0.05, 0) is 18.8 Å². The summed E-state index contributed by atoms with van der Waals surface area (Å²) in [5.74, 6) is -0.0870. The summed E-state index contributed by atoms with van der Waals surface area (Å²) in [7, 11) is 0. The molecule has 5 heteroatoms. The van der Waals surface area contributed by atoms with E-state index in [4.69, 9.17) is 5.11 Å². The molecule has 0 heterocycles. The van der Waals surface area contributed by atoms with Gasteiger partial charge in [-0.15, -0.1) is 0 Å². The molecule has 0 aromatic heterocycles. The van der Waals surface area contributed by atoms with Crippen LogP contribution in [0.25, 0.3) is 0 Å². The minimum atomic E-state index is -2.53. The Balaban J connectivity index is 2.58. The quantitative estimate of drug-likeness (QED) is 0.784. The Kier molecular flexibility index (Phi) is 5.12. The molecule has 0 aromatic rings.